The van der Waals surface area contributed by atoms with Crippen LogP contribution in [-0.4, -0.2) is 69.2 Å². The average molecular weight is 1400 g/mol. The van der Waals surface area contributed by atoms with Gasteiger partial charge in [0.05, 0.1) is 44.5 Å². The summed E-state index contributed by atoms with van der Waals surface area (Å²) in [4.78, 5) is 51.3. The Morgan fingerprint density at radius 1 is 0.339 bits per heavy atom. The Morgan fingerprint density at radius 3 is 1.38 bits per heavy atom. The summed E-state index contributed by atoms with van der Waals surface area (Å²) in [6, 6.07) is 95.9. The highest BCUT2D eigenvalue weighted by atomic mass is 15.3. The second-order valence-corrected chi connectivity index (χ2v) is 29.0. The van der Waals surface area contributed by atoms with E-state index in [2.05, 4.69) is 268 Å². The van der Waals surface area contributed by atoms with Gasteiger partial charge in [0, 0.05) is 111 Å². The highest BCUT2D eigenvalue weighted by Crippen LogP contribution is 2.52. The van der Waals surface area contributed by atoms with E-state index in [1.807, 2.05) is 91.0 Å². The maximum Gasteiger partial charge on any atom is 0.238 e. The second-order valence-electron chi connectivity index (χ2n) is 29.0. The number of fused-ring (bicyclic) bond motifs is 15. The van der Waals surface area contributed by atoms with E-state index in [0.717, 1.165) is 144 Å². The van der Waals surface area contributed by atoms with Crippen molar-refractivity contribution in [2.45, 2.75) is 44.1 Å². The molecule has 0 radical (unpaired) electrons. The third-order valence-corrected chi connectivity index (χ3v) is 22.5. The molecule has 22 rings (SSSR count). The van der Waals surface area contributed by atoms with Crippen LogP contribution in [-0.2, 0) is 0 Å². The summed E-state index contributed by atoms with van der Waals surface area (Å²) >= 11 is 0. The molecule has 3 aliphatic carbocycles. The molecule has 0 bridgehead atoms. The van der Waals surface area contributed by atoms with Crippen LogP contribution in [0, 0.1) is 5.92 Å². The number of aromatic nitrogens is 13. The van der Waals surface area contributed by atoms with Crippen LogP contribution in [0.25, 0.3) is 164 Å². The SMILES string of the molecule is CC1CC=Cc2c1n(-c1nc(-c3ccccc3)nc(-c3ccccc3)n1)c1cc3c4c(n(-c5ccccc5)c3cc21)=CC1c2cc3c(cc2N(c2nc(-c5ccccc5)nc(-c5ccccc5)n2)C1C=4)c1cc2c(cc1n3-c1ccccc1)c1ccccc1n2-c1nc(-c2ccccc2)nc(C2C=CC=CC2C)n1. The van der Waals surface area contributed by atoms with Gasteiger partial charge in [0.2, 0.25) is 17.8 Å². The molecule has 5 atom stereocenters. The van der Waals surface area contributed by atoms with Gasteiger partial charge < -0.3 is 14.0 Å². The first-order valence-electron chi connectivity index (χ1n) is 37.4. The van der Waals surface area contributed by atoms with Crippen molar-refractivity contribution < 1.29 is 0 Å². The molecule has 516 valence electrons. The van der Waals surface area contributed by atoms with Crippen molar-refractivity contribution >= 4 is 95.3 Å². The summed E-state index contributed by atoms with van der Waals surface area (Å²) in [6.07, 6.45) is 19.2. The van der Waals surface area contributed by atoms with Crippen LogP contribution in [0.15, 0.2) is 303 Å². The number of para-hydroxylation sites is 3. The summed E-state index contributed by atoms with van der Waals surface area (Å²) < 4.78 is 9.54. The number of benzene rings is 11. The summed E-state index contributed by atoms with van der Waals surface area (Å²) in [5, 5.41) is 8.69. The lowest BCUT2D eigenvalue weighted by atomic mass is 9.89. The van der Waals surface area contributed by atoms with Crippen LogP contribution in [0.3, 0.4) is 0 Å². The summed E-state index contributed by atoms with van der Waals surface area (Å²) in [5.41, 5.74) is 17.3. The third-order valence-electron chi connectivity index (χ3n) is 22.5. The molecule has 18 aromatic rings. The molecule has 0 saturated heterocycles. The largest absolute Gasteiger partial charge is 0.310 e. The summed E-state index contributed by atoms with van der Waals surface area (Å²) in [5.74, 6) is 5.41. The lowest BCUT2D eigenvalue weighted by Crippen LogP contribution is -2.40. The first-order valence-corrected chi connectivity index (χ1v) is 37.4. The Morgan fingerprint density at radius 2 is 0.789 bits per heavy atom. The standard InChI is InChI=1S/C95H66N14/c1-57-29-24-25-45-66(57)92-98-91(63-39-18-7-19-40-63)101-94(104-92)107-77-48-27-26-46-67(77)69-49-78-71(53-82(69)107)72-54-83-75(51-80(72)105(78)64-41-20-8-21-42-64)76-52-81-73(55-84(76)108(83)93-99-87(59-31-10-3-11-32-59)96-88(100-93)60-33-12-4-13-34-60)74-56-85-70(50-79(74)106(81)65-43-22-9-23-44-65)68-47-28-30-58(2)86(68)109(85)95-102-89(61-35-14-5-15-36-61)97-90(103-95)62-37-16-6-17-38-62/h3-29,31-58,66,76,84H,30H2,1-2H3. The van der Waals surface area contributed by atoms with Gasteiger partial charge in [-0.25, -0.2) is 15.0 Å². The Kier molecular flexibility index (Phi) is 14.1. The van der Waals surface area contributed by atoms with Crippen molar-refractivity contribution in [2.24, 2.45) is 5.92 Å². The first kappa shape index (κ1) is 62.3. The van der Waals surface area contributed by atoms with E-state index in [-0.39, 0.29) is 29.7 Å². The topological polar surface area (TPSA) is 139 Å². The molecule has 14 nitrogen and oxygen atoms in total. The predicted octanol–water partition coefficient (Wildman–Crippen LogP) is 19.9. The van der Waals surface area contributed by atoms with E-state index in [9.17, 15) is 0 Å². The minimum absolute atomic E-state index is 0.0585. The molecule has 5 unspecified atom stereocenters. The Bertz CT molecular complexity index is 6870. The minimum atomic E-state index is -0.345. The number of rotatable bonds is 11. The Hall–Kier alpha value is -14.1. The van der Waals surface area contributed by atoms with Crippen molar-refractivity contribution in [3.8, 4) is 80.2 Å². The van der Waals surface area contributed by atoms with E-state index in [4.69, 9.17) is 44.9 Å². The molecule has 0 saturated carbocycles. The van der Waals surface area contributed by atoms with E-state index < -0.39 is 0 Å². The van der Waals surface area contributed by atoms with Gasteiger partial charge in [-0.2, -0.15) is 29.9 Å². The van der Waals surface area contributed by atoms with Crippen LogP contribution in [0.2, 0.25) is 0 Å². The van der Waals surface area contributed by atoms with Gasteiger partial charge in [-0.05, 0) is 90.7 Å². The van der Waals surface area contributed by atoms with E-state index >= 15 is 0 Å². The number of nitrogens with zero attached hydrogens (tertiary/aromatic N) is 14. The first-order chi connectivity index (χ1) is 53.9. The normalized spacial score (nSPS) is 17.0. The molecule has 4 aliphatic rings. The maximum atomic E-state index is 5.64. The van der Waals surface area contributed by atoms with Crippen LogP contribution < -0.4 is 15.5 Å². The molecular formula is C95H66N14. The van der Waals surface area contributed by atoms with E-state index in [1.165, 1.54) is 5.69 Å². The minimum Gasteiger partial charge on any atom is -0.310 e. The van der Waals surface area contributed by atoms with Gasteiger partial charge in [-0.1, -0.05) is 263 Å². The smallest absolute Gasteiger partial charge is 0.238 e. The third kappa shape index (κ3) is 9.98. The Labute approximate surface area is 626 Å². The van der Waals surface area contributed by atoms with Gasteiger partial charge in [0.1, 0.15) is 5.82 Å². The van der Waals surface area contributed by atoms with Crippen LogP contribution in [0.5, 0.6) is 0 Å². The zero-order valence-corrected chi connectivity index (χ0v) is 59.5. The van der Waals surface area contributed by atoms with E-state index in [0.29, 0.717) is 47.0 Å². The molecule has 0 N–H and O–H groups in total. The van der Waals surface area contributed by atoms with Gasteiger partial charge in [0.25, 0.3) is 0 Å². The Balaban J connectivity index is 0.830. The zero-order chi connectivity index (χ0) is 72.0. The highest BCUT2D eigenvalue weighted by molar-refractivity contribution is 6.20. The molecule has 1 aliphatic heterocycles. The number of allylic oxidation sites excluding steroid dienone is 5. The quantitative estimate of drug-likeness (QED) is 0.123. The molecule has 0 fully saturated rings. The lowest BCUT2D eigenvalue weighted by Gasteiger charge is -2.27. The van der Waals surface area contributed by atoms with Crippen molar-refractivity contribution in [1.82, 2.24) is 63.1 Å². The summed E-state index contributed by atoms with van der Waals surface area (Å²) in [6.45, 7) is 4.55. The zero-order valence-electron chi connectivity index (χ0n) is 59.5. The predicted molar refractivity (Wildman–Crippen MR) is 438 cm³/mol. The molecule has 11 aromatic carbocycles. The fourth-order valence-electron chi connectivity index (χ4n) is 17.4. The maximum absolute atomic E-state index is 5.64. The van der Waals surface area contributed by atoms with Crippen LogP contribution >= 0.6 is 0 Å². The number of hydrogen-bond donors (Lipinski definition) is 0. The average Bonchev–Trinajstić information content (AvgIpc) is 1.53. The van der Waals surface area contributed by atoms with Gasteiger partial charge in [0.15, 0.2) is 29.1 Å². The van der Waals surface area contributed by atoms with Crippen LogP contribution in [0.4, 0.5) is 11.6 Å². The van der Waals surface area contributed by atoms with Gasteiger partial charge >= 0.3 is 0 Å². The highest BCUT2D eigenvalue weighted by Gasteiger charge is 2.42. The van der Waals surface area contributed by atoms with Crippen molar-refractivity contribution in [3.05, 3.63) is 337 Å². The van der Waals surface area contributed by atoms with E-state index in [1.54, 1.807) is 0 Å². The molecule has 14 heteroatoms. The summed E-state index contributed by atoms with van der Waals surface area (Å²) in [7, 11) is 0. The van der Waals surface area contributed by atoms with Crippen molar-refractivity contribution in [2.75, 3.05) is 4.90 Å². The molecule has 0 amide bonds. The second kappa shape index (κ2) is 24.8. The fourth-order valence-corrected chi connectivity index (χ4v) is 17.4. The number of hydrogen-bond acceptors (Lipinski definition) is 10. The molecule has 8 heterocycles. The van der Waals surface area contributed by atoms with Gasteiger partial charge in [-0.15, -0.1) is 0 Å². The fraction of sp³-hybridized carbons (Fsp3) is 0.0842. The van der Waals surface area contributed by atoms with Gasteiger partial charge in [-0.3, -0.25) is 9.13 Å². The number of anilines is 2. The molecule has 7 aromatic heterocycles. The molecular weight excluding hydrogens is 1340 g/mol. The lowest BCUT2D eigenvalue weighted by molar-refractivity contribution is 0.597. The molecule has 109 heavy (non-hydrogen) atoms. The van der Waals surface area contributed by atoms with Crippen molar-refractivity contribution in [3.63, 3.8) is 0 Å². The monoisotopic (exact) mass is 1400 g/mol. The van der Waals surface area contributed by atoms with Crippen LogP contribution in [0.1, 0.15) is 60.7 Å². The molecule has 0 spiro atoms. The van der Waals surface area contributed by atoms with Crippen molar-refractivity contribution in [1.29, 1.82) is 0 Å².